The molecule has 1 saturated heterocycles. The highest BCUT2D eigenvalue weighted by Crippen LogP contribution is 2.28. The van der Waals surface area contributed by atoms with Crippen molar-refractivity contribution in [2.45, 2.75) is 57.8 Å². The number of benzene rings is 3. The molecule has 2 aliphatic rings. The molecule has 2 N–H and O–H groups in total. The maximum atomic E-state index is 13.7. The largest absolute Gasteiger partial charge is 0.362 e. The second-order valence-corrected chi connectivity index (χ2v) is 11.8. The van der Waals surface area contributed by atoms with Crippen LogP contribution in [0.4, 0.5) is 0 Å². The Bertz CT molecular complexity index is 1500. The molecule has 0 radical (unpaired) electrons. The van der Waals surface area contributed by atoms with Crippen molar-refractivity contribution in [3.8, 4) is 11.1 Å². The van der Waals surface area contributed by atoms with Crippen LogP contribution >= 0.6 is 0 Å². The number of rotatable bonds is 14. The first-order valence-corrected chi connectivity index (χ1v) is 16.2. The molecule has 0 saturated carbocycles. The number of hydrogen-bond donors (Lipinski definition) is 2. The van der Waals surface area contributed by atoms with Gasteiger partial charge in [-0.05, 0) is 98.3 Å². The molecule has 7 heteroatoms. The Hall–Kier alpha value is -4.04. The monoisotopic (exact) mass is 607 g/mol. The molecular formula is C38H45N3O4. The summed E-state index contributed by atoms with van der Waals surface area (Å²) in [6.07, 6.45) is 10.0. The molecule has 1 fully saturated rings. The van der Waals surface area contributed by atoms with E-state index >= 15 is 0 Å². The lowest BCUT2D eigenvalue weighted by atomic mass is 9.99. The number of aryl methyl sites for hydroxylation is 1. The summed E-state index contributed by atoms with van der Waals surface area (Å²) in [6, 6.07) is 26.0. The number of likely N-dealkylation sites (tertiary alicyclic amines) is 1. The Labute approximate surface area is 267 Å². The molecule has 1 heterocycles. The van der Waals surface area contributed by atoms with Gasteiger partial charge in [-0.3, -0.25) is 9.59 Å². The van der Waals surface area contributed by atoms with Gasteiger partial charge in [0, 0.05) is 43.8 Å². The third-order valence-electron chi connectivity index (χ3n) is 8.46. The summed E-state index contributed by atoms with van der Waals surface area (Å²) >= 11 is 0. The number of nitrogens with zero attached hydrogens (tertiary/aromatic N) is 2. The predicted octanol–water partition coefficient (Wildman–Crippen LogP) is 6.10. The van der Waals surface area contributed by atoms with Gasteiger partial charge < -0.3 is 25.0 Å². The van der Waals surface area contributed by atoms with E-state index < -0.39 is 5.79 Å². The standard InChI is InChI=1S/C38H45N3O4/c1-2-45-38(44)21-19-35(20-22-38)41(36(42)18-9-13-30-11-4-3-5-12-30)29-31-14-8-15-32(27-31)33-16-10-17-34(28-33)37(43)39-23-26-40-24-6-7-25-40/h3-5,8,10-12,14-17,19-21,27-28,44H,2,6-7,9,13,18,22-26,29H2,1H3,(H,39,43). The zero-order valence-corrected chi connectivity index (χ0v) is 26.3. The van der Waals surface area contributed by atoms with E-state index in [1.807, 2.05) is 73.7 Å². The van der Waals surface area contributed by atoms with Crippen molar-refractivity contribution in [3.63, 3.8) is 0 Å². The van der Waals surface area contributed by atoms with Crippen molar-refractivity contribution < 1.29 is 19.4 Å². The zero-order valence-electron chi connectivity index (χ0n) is 26.3. The van der Waals surface area contributed by atoms with Crippen LogP contribution in [-0.2, 0) is 22.5 Å². The number of nitrogens with one attached hydrogen (secondary N) is 1. The highest BCUT2D eigenvalue weighted by atomic mass is 16.6. The van der Waals surface area contributed by atoms with E-state index in [2.05, 4.69) is 28.4 Å². The first kappa shape index (κ1) is 32.4. The molecule has 3 aromatic carbocycles. The summed E-state index contributed by atoms with van der Waals surface area (Å²) < 4.78 is 5.52. The van der Waals surface area contributed by atoms with E-state index in [0.29, 0.717) is 31.7 Å². The highest BCUT2D eigenvalue weighted by Gasteiger charge is 2.28. The van der Waals surface area contributed by atoms with E-state index in [0.717, 1.165) is 54.9 Å². The van der Waals surface area contributed by atoms with Crippen LogP contribution < -0.4 is 5.32 Å². The quantitative estimate of drug-likeness (QED) is 0.217. The molecular weight excluding hydrogens is 562 g/mol. The van der Waals surface area contributed by atoms with Gasteiger partial charge in [0.2, 0.25) is 5.91 Å². The summed E-state index contributed by atoms with van der Waals surface area (Å²) in [5.41, 5.74) is 5.50. The molecule has 0 aromatic heterocycles. The van der Waals surface area contributed by atoms with Gasteiger partial charge in [0.25, 0.3) is 5.91 Å². The second kappa shape index (κ2) is 15.8. The molecule has 1 aliphatic heterocycles. The smallest absolute Gasteiger partial charge is 0.251 e. The molecule has 1 unspecified atom stereocenters. The van der Waals surface area contributed by atoms with E-state index in [-0.39, 0.29) is 18.2 Å². The molecule has 5 rings (SSSR count). The molecule has 3 aromatic rings. The van der Waals surface area contributed by atoms with Crippen LogP contribution in [0.1, 0.15) is 60.5 Å². The van der Waals surface area contributed by atoms with Crippen molar-refractivity contribution in [2.24, 2.45) is 0 Å². The zero-order chi connectivity index (χ0) is 31.5. The maximum Gasteiger partial charge on any atom is 0.251 e. The van der Waals surface area contributed by atoms with Crippen molar-refractivity contribution in [2.75, 3.05) is 32.8 Å². The van der Waals surface area contributed by atoms with Crippen LogP contribution in [0.25, 0.3) is 11.1 Å². The number of ether oxygens (including phenoxy) is 1. The molecule has 1 atom stereocenters. The van der Waals surface area contributed by atoms with Crippen LogP contribution in [-0.4, -0.2) is 65.3 Å². The number of aliphatic hydroxyl groups is 1. The average molecular weight is 608 g/mol. The Balaban J connectivity index is 1.28. The minimum atomic E-state index is -1.36. The lowest BCUT2D eigenvalue weighted by molar-refractivity contribution is -0.161. The van der Waals surface area contributed by atoms with Gasteiger partial charge in [-0.1, -0.05) is 66.7 Å². The Kier molecular flexibility index (Phi) is 11.4. The maximum absolute atomic E-state index is 13.7. The van der Waals surface area contributed by atoms with Crippen LogP contribution in [0.15, 0.2) is 103 Å². The first-order valence-electron chi connectivity index (χ1n) is 16.2. The van der Waals surface area contributed by atoms with Crippen LogP contribution in [0.2, 0.25) is 0 Å². The van der Waals surface area contributed by atoms with Crippen molar-refractivity contribution in [1.29, 1.82) is 0 Å². The van der Waals surface area contributed by atoms with E-state index in [9.17, 15) is 14.7 Å². The van der Waals surface area contributed by atoms with Crippen LogP contribution in [0, 0.1) is 0 Å². The van der Waals surface area contributed by atoms with E-state index in [1.165, 1.54) is 18.4 Å². The fraction of sp³-hybridized carbons (Fsp3) is 0.368. The van der Waals surface area contributed by atoms with Crippen LogP contribution in [0.3, 0.4) is 0 Å². The lowest BCUT2D eigenvalue weighted by Crippen LogP contribution is -2.35. The lowest BCUT2D eigenvalue weighted by Gasteiger charge is -2.31. The highest BCUT2D eigenvalue weighted by molar-refractivity contribution is 5.95. The van der Waals surface area contributed by atoms with Gasteiger partial charge in [-0.2, -0.15) is 0 Å². The molecule has 1 aliphatic carbocycles. The number of hydrogen-bond acceptors (Lipinski definition) is 5. The molecule has 0 spiro atoms. The third kappa shape index (κ3) is 9.24. The van der Waals surface area contributed by atoms with Crippen molar-refractivity contribution >= 4 is 11.8 Å². The number of carbonyl (C=O) groups excluding carboxylic acids is 2. The fourth-order valence-corrected chi connectivity index (χ4v) is 6.01. The fourth-order valence-electron chi connectivity index (χ4n) is 6.01. The number of carbonyl (C=O) groups is 2. The summed E-state index contributed by atoms with van der Waals surface area (Å²) in [6.45, 7) is 6.37. The number of amides is 2. The van der Waals surface area contributed by atoms with Gasteiger partial charge >= 0.3 is 0 Å². The normalized spacial score (nSPS) is 18.0. The number of allylic oxidation sites excluding steroid dienone is 1. The van der Waals surface area contributed by atoms with Gasteiger partial charge in [-0.25, -0.2) is 0 Å². The van der Waals surface area contributed by atoms with E-state index in [4.69, 9.17) is 4.74 Å². The topological polar surface area (TPSA) is 82.1 Å². The third-order valence-corrected chi connectivity index (χ3v) is 8.46. The predicted molar refractivity (Wildman–Crippen MR) is 178 cm³/mol. The molecule has 2 amide bonds. The molecule has 0 bridgehead atoms. The second-order valence-electron chi connectivity index (χ2n) is 11.8. The Morgan fingerprint density at radius 3 is 2.42 bits per heavy atom. The molecule has 7 nitrogen and oxygen atoms in total. The molecule has 236 valence electrons. The summed E-state index contributed by atoms with van der Waals surface area (Å²) in [4.78, 5) is 30.8. The SMILES string of the molecule is CCOC1(O)C=CC(N(Cc2cccc(-c3cccc(C(=O)NCCN4CCCC4)c3)c2)C(=O)CCCc2ccccc2)=CC1. The van der Waals surface area contributed by atoms with Gasteiger partial charge in [0.15, 0.2) is 5.79 Å². The first-order chi connectivity index (χ1) is 21.9. The molecule has 45 heavy (non-hydrogen) atoms. The summed E-state index contributed by atoms with van der Waals surface area (Å²) in [5, 5.41) is 13.8. The van der Waals surface area contributed by atoms with Gasteiger partial charge in [0.05, 0.1) is 6.54 Å². The summed E-state index contributed by atoms with van der Waals surface area (Å²) in [7, 11) is 0. The Morgan fingerprint density at radius 1 is 0.956 bits per heavy atom. The Morgan fingerprint density at radius 2 is 1.69 bits per heavy atom. The van der Waals surface area contributed by atoms with Crippen molar-refractivity contribution in [1.82, 2.24) is 15.1 Å². The summed E-state index contributed by atoms with van der Waals surface area (Å²) in [5.74, 6) is -1.39. The van der Waals surface area contributed by atoms with Gasteiger partial charge in [0.1, 0.15) is 0 Å². The van der Waals surface area contributed by atoms with E-state index in [1.54, 1.807) is 17.1 Å². The van der Waals surface area contributed by atoms with Gasteiger partial charge in [-0.15, -0.1) is 0 Å². The minimum Gasteiger partial charge on any atom is -0.362 e. The average Bonchev–Trinajstić information content (AvgIpc) is 3.58. The van der Waals surface area contributed by atoms with Crippen LogP contribution in [0.5, 0.6) is 0 Å². The van der Waals surface area contributed by atoms with Crippen molar-refractivity contribution in [3.05, 3.63) is 119 Å². The minimum absolute atomic E-state index is 0.0293.